The fourth-order valence-electron chi connectivity index (χ4n) is 4.01. The second-order valence-electron chi connectivity index (χ2n) is 10.5. The Balaban J connectivity index is 1.94. The molecule has 0 saturated carbocycles. The molecule has 1 heterocycles. The van der Waals surface area contributed by atoms with Crippen molar-refractivity contribution in [3.05, 3.63) is 0 Å². The molecule has 1 unspecified atom stereocenters. The smallest absolute Gasteiger partial charge is 0.242 e. The van der Waals surface area contributed by atoms with Gasteiger partial charge in [-0.05, 0) is 0 Å². The van der Waals surface area contributed by atoms with Crippen molar-refractivity contribution in [2.45, 2.75) is 37.4 Å². The number of ether oxygens (including phenoxy) is 8. The molecular weight excluding hydrogens is 682 g/mol. The lowest BCUT2D eigenvalue weighted by atomic mass is 10.3. The van der Waals surface area contributed by atoms with Crippen molar-refractivity contribution >= 4 is 48.0 Å². The second kappa shape index (κ2) is 33.6. The molecule has 1 saturated heterocycles. The number of carbonyl (C=O) groups is 6. The number of hydrogen-bond acceptors (Lipinski definition) is 15. The van der Waals surface area contributed by atoms with Gasteiger partial charge in [-0.1, -0.05) is 0 Å². The number of amides is 4. The van der Waals surface area contributed by atoms with Crippen molar-refractivity contribution in [3.63, 3.8) is 0 Å². The number of thioether (sulfide) groups is 1. The van der Waals surface area contributed by atoms with E-state index in [0.29, 0.717) is 131 Å². The lowest BCUT2D eigenvalue weighted by Gasteiger charge is -2.15. The van der Waals surface area contributed by atoms with E-state index in [9.17, 15) is 28.8 Å². The zero-order chi connectivity index (χ0) is 36.3. The highest BCUT2D eigenvalue weighted by Gasteiger charge is 2.38. The quantitative estimate of drug-likeness (QED) is 0.0454. The van der Waals surface area contributed by atoms with Crippen LogP contribution in [-0.2, 0) is 66.7 Å². The predicted octanol–water partition coefficient (Wildman–Crippen LogP) is -0.829. The summed E-state index contributed by atoms with van der Waals surface area (Å²) in [5, 5.41) is 4.89. The minimum atomic E-state index is -0.565. The van der Waals surface area contributed by atoms with Crippen molar-refractivity contribution < 1.29 is 66.7 Å². The van der Waals surface area contributed by atoms with Crippen LogP contribution < -0.4 is 10.6 Å². The highest BCUT2D eigenvalue weighted by molar-refractivity contribution is 8.00. The lowest BCUT2D eigenvalue weighted by molar-refractivity contribution is -0.138. The third kappa shape index (κ3) is 26.3. The summed E-state index contributed by atoms with van der Waals surface area (Å²) in [5.74, 6) is -0.760. The molecule has 0 aromatic heterocycles. The molecular formula is C32H55N3O14S. The van der Waals surface area contributed by atoms with E-state index in [1.165, 1.54) is 11.8 Å². The number of likely N-dealkylation sites (tertiary alicyclic amines) is 1. The summed E-state index contributed by atoms with van der Waals surface area (Å²) < 4.78 is 42.6. The molecule has 18 heteroatoms. The first kappa shape index (κ1) is 45.5. The average Bonchev–Trinajstić information content (AvgIpc) is 3.38. The van der Waals surface area contributed by atoms with Crippen molar-refractivity contribution in [1.82, 2.24) is 15.5 Å². The van der Waals surface area contributed by atoms with Gasteiger partial charge in [-0.3, -0.25) is 24.1 Å². The Morgan fingerprint density at radius 3 is 1.40 bits per heavy atom. The van der Waals surface area contributed by atoms with Gasteiger partial charge in [0.05, 0.1) is 111 Å². The van der Waals surface area contributed by atoms with Crippen LogP contribution >= 0.6 is 11.8 Å². The number of nitrogens with one attached hydrogen (secondary N) is 2. The number of nitrogens with zero attached hydrogens (tertiary/aromatic N) is 1. The lowest BCUT2D eigenvalue weighted by Crippen LogP contribution is -2.36. The fourth-order valence-corrected chi connectivity index (χ4v) is 5.13. The molecule has 0 radical (unpaired) electrons. The van der Waals surface area contributed by atoms with E-state index in [-0.39, 0.29) is 56.0 Å². The zero-order valence-corrected chi connectivity index (χ0v) is 29.8. The average molecular weight is 738 g/mol. The Morgan fingerprint density at radius 2 is 0.980 bits per heavy atom. The molecule has 0 aromatic carbocycles. The summed E-state index contributed by atoms with van der Waals surface area (Å²) >= 11 is 1.26. The third-order valence-corrected chi connectivity index (χ3v) is 7.75. The van der Waals surface area contributed by atoms with E-state index in [1.54, 1.807) is 0 Å². The number of carbonyl (C=O) groups excluding carboxylic acids is 6. The molecule has 50 heavy (non-hydrogen) atoms. The summed E-state index contributed by atoms with van der Waals surface area (Å²) in [4.78, 5) is 70.8. The third-order valence-electron chi connectivity index (χ3n) is 6.54. The Morgan fingerprint density at radius 1 is 0.600 bits per heavy atom. The van der Waals surface area contributed by atoms with Crippen LogP contribution in [0.1, 0.15) is 32.1 Å². The van der Waals surface area contributed by atoms with Crippen molar-refractivity contribution in [2.75, 3.05) is 131 Å². The van der Waals surface area contributed by atoms with Crippen LogP contribution in [0.4, 0.5) is 0 Å². The molecule has 1 fully saturated rings. The van der Waals surface area contributed by atoms with Gasteiger partial charge in [0.25, 0.3) is 0 Å². The monoisotopic (exact) mass is 737 g/mol. The summed E-state index contributed by atoms with van der Waals surface area (Å²) in [5.41, 5.74) is 0. The molecule has 0 bridgehead atoms. The standard InChI is InChI=1S/C32H55N3O14S/c36-8-1-10-42-14-18-46-22-24-48-20-16-44-12-5-33-29(38)3-7-35-31(40)27-28(32(35)41)50-26-4-30(39)34-6-13-45-17-21-49-25-23-47-19-15-43-11-2-9-37/h8-9,28H,1-7,10-27H2,(H,33,38)(H,34,39). The van der Waals surface area contributed by atoms with Crippen LogP contribution in [0, 0.1) is 0 Å². The Bertz CT molecular complexity index is 933. The van der Waals surface area contributed by atoms with Gasteiger partial charge in [-0.25, -0.2) is 0 Å². The van der Waals surface area contributed by atoms with Gasteiger partial charge < -0.3 is 58.1 Å². The van der Waals surface area contributed by atoms with Gasteiger partial charge in [0.2, 0.25) is 23.6 Å². The zero-order valence-electron chi connectivity index (χ0n) is 29.0. The number of hydrogen-bond donors (Lipinski definition) is 2. The van der Waals surface area contributed by atoms with Gasteiger partial charge in [-0.2, -0.15) is 0 Å². The number of imide groups is 1. The van der Waals surface area contributed by atoms with Crippen molar-refractivity contribution in [1.29, 1.82) is 0 Å². The first-order valence-corrected chi connectivity index (χ1v) is 18.0. The molecule has 4 amide bonds. The maximum absolute atomic E-state index is 12.7. The van der Waals surface area contributed by atoms with Crippen LogP contribution in [0.25, 0.3) is 0 Å². The Labute approximate surface area is 298 Å². The Hall–Kier alpha value is -2.55. The maximum atomic E-state index is 12.7. The summed E-state index contributed by atoms with van der Waals surface area (Å²) in [7, 11) is 0. The SMILES string of the molecule is O=CCCOCCOCCOCCOCCNC(=O)CCSC1CC(=O)N(CCC(=O)NCCOCCOCCOCCOCCC=O)C1=O. The predicted molar refractivity (Wildman–Crippen MR) is 181 cm³/mol. The number of aldehydes is 2. The van der Waals surface area contributed by atoms with Gasteiger partial charge in [0.1, 0.15) is 12.6 Å². The van der Waals surface area contributed by atoms with Gasteiger partial charge >= 0.3 is 0 Å². The molecule has 0 aliphatic carbocycles. The van der Waals surface area contributed by atoms with E-state index in [1.807, 2.05) is 0 Å². The molecule has 2 N–H and O–H groups in total. The minimum absolute atomic E-state index is 0.00117. The van der Waals surface area contributed by atoms with Gasteiger partial charge in [-0.15, -0.1) is 11.8 Å². The summed E-state index contributed by atoms with van der Waals surface area (Å²) in [6.07, 6.45) is 2.60. The molecule has 1 rings (SSSR count). The topological polar surface area (TPSA) is 204 Å². The molecule has 1 aliphatic rings. The van der Waals surface area contributed by atoms with Crippen LogP contribution in [0.2, 0.25) is 0 Å². The Kier molecular flexibility index (Phi) is 30.5. The van der Waals surface area contributed by atoms with E-state index >= 15 is 0 Å². The largest absolute Gasteiger partial charge is 0.379 e. The molecule has 17 nitrogen and oxygen atoms in total. The van der Waals surface area contributed by atoms with E-state index in [4.69, 9.17) is 37.9 Å². The van der Waals surface area contributed by atoms with Crippen molar-refractivity contribution in [3.8, 4) is 0 Å². The van der Waals surface area contributed by atoms with Crippen LogP contribution in [0.3, 0.4) is 0 Å². The first-order valence-electron chi connectivity index (χ1n) is 17.0. The van der Waals surface area contributed by atoms with Crippen LogP contribution in [-0.4, -0.2) is 177 Å². The summed E-state index contributed by atoms with van der Waals surface area (Å²) in [6.45, 7) is 6.95. The van der Waals surface area contributed by atoms with Crippen LogP contribution in [0.15, 0.2) is 0 Å². The second-order valence-corrected chi connectivity index (χ2v) is 11.8. The van der Waals surface area contributed by atoms with E-state index in [2.05, 4.69) is 10.6 Å². The van der Waals surface area contributed by atoms with Gasteiger partial charge in [0, 0.05) is 57.5 Å². The minimum Gasteiger partial charge on any atom is -0.379 e. The maximum Gasteiger partial charge on any atom is 0.242 e. The molecule has 0 aromatic rings. The molecule has 288 valence electrons. The summed E-state index contributed by atoms with van der Waals surface area (Å²) in [6, 6.07) is 0. The normalized spacial score (nSPS) is 14.3. The number of rotatable bonds is 37. The first-order chi connectivity index (χ1) is 24.5. The van der Waals surface area contributed by atoms with Crippen molar-refractivity contribution in [2.24, 2.45) is 0 Å². The molecule has 1 atom stereocenters. The van der Waals surface area contributed by atoms with E-state index < -0.39 is 5.25 Å². The van der Waals surface area contributed by atoms with E-state index in [0.717, 1.165) is 17.5 Å². The highest BCUT2D eigenvalue weighted by atomic mass is 32.2. The molecule has 0 spiro atoms. The van der Waals surface area contributed by atoms with Crippen LogP contribution in [0.5, 0.6) is 0 Å². The fraction of sp³-hybridized carbons (Fsp3) is 0.812. The molecule has 1 aliphatic heterocycles. The highest BCUT2D eigenvalue weighted by Crippen LogP contribution is 2.25. The van der Waals surface area contributed by atoms with Gasteiger partial charge in [0.15, 0.2) is 0 Å².